The Balaban J connectivity index is 1.98. The largest absolute Gasteiger partial charge is 0.372 e. The van der Waals surface area contributed by atoms with Crippen molar-refractivity contribution in [2.75, 3.05) is 30.4 Å². The molecule has 0 unspecified atom stereocenters. The van der Waals surface area contributed by atoms with E-state index in [2.05, 4.69) is 29.0 Å². The minimum Gasteiger partial charge on any atom is -0.372 e. The second-order valence-corrected chi connectivity index (χ2v) is 6.57. The molecule has 3 rings (SSSR count). The van der Waals surface area contributed by atoms with Crippen molar-refractivity contribution in [3.05, 3.63) is 11.3 Å². The lowest BCUT2D eigenvalue weighted by molar-refractivity contribution is 0.0972. The molecule has 0 aromatic carbocycles. The summed E-state index contributed by atoms with van der Waals surface area (Å²) in [6.07, 6.45) is 3.66. The van der Waals surface area contributed by atoms with Gasteiger partial charge >= 0.3 is 0 Å². The summed E-state index contributed by atoms with van der Waals surface area (Å²) in [5, 5.41) is 3.09. The molecular weight excluding hydrogens is 264 g/mol. The maximum atomic E-state index is 12.1. The summed E-state index contributed by atoms with van der Waals surface area (Å²) in [6, 6.07) is 0. The zero-order chi connectivity index (χ0) is 15.0. The third kappa shape index (κ3) is 2.74. The summed E-state index contributed by atoms with van der Waals surface area (Å²) in [4.78, 5) is 23.7. The van der Waals surface area contributed by atoms with Crippen LogP contribution in [0.5, 0.6) is 0 Å². The van der Waals surface area contributed by atoms with Crippen molar-refractivity contribution in [1.82, 2.24) is 9.97 Å². The highest BCUT2D eigenvalue weighted by atomic mass is 16.1. The first-order valence-corrected chi connectivity index (χ1v) is 7.95. The molecule has 1 aliphatic carbocycles. The average molecular weight is 288 g/mol. The summed E-state index contributed by atoms with van der Waals surface area (Å²) in [5.74, 6) is 2.98. The molecule has 0 spiro atoms. The van der Waals surface area contributed by atoms with Gasteiger partial charge in [-0.05, 0) is 31.1 Å². The van der Waals surface area contributed by atoms with Gasteiger partial charge in [0.05, 0.1) is 11.3 Å². The van der Waals surface area contributed by atoms with Gasteiger partial charge in [0.2, 0.25) is 5.95 Å². The first-order chi connectivity index (χ1) is 10.1. The van der Waals surface area contributed by atoms with E-state index in [1.54, 1.807) is 0 Å². The molecule has 1 aromatic rings. The van der Waals surface area contributed by atoms with Crippen LogP contribution < -0.4 is 10.2 Å². The Bertz CT molecular complexity index is 530. The number of carbonyl (C=O) groups is 1. The summed E-state index contributed by atoms with van der Waals surface area (Å²) in [6.45, 7) is 6.56. The minimum atomic E-state index is 0.174. The van der Waals surface area contributed by atoms with Crippen molar-refractivity contribution < 1.29 is 4.79 Å². The summed E-state index contributed by atoms with van der Waals surface area (Å²) in [7, 11) is 1.83. The van der Waals surface area contributed by atoms with Gasteiger partial charge < -0.3 is 10.2 Å². The first kappa shape index (κ1) is 14.3. The Morgan fingerprint density at radius 3 is 2.52 bits per heavy atom. The molecule has 1 saturated heterocycles. The van der Waals surface area contributed by atoms with Crippen molar-refractivity contribution in [2.24, 2.45) is 11.8 Å². The molecule has 1 aliphatic heterocycles. The maximum Gasteiger partial charge on any atom is 0.227 e. The Morgan fingerprint density at radius 2 is 1.86 bits per heavy atom. The van der Waals surface area contributed by atoms with Gasteiger partial charge in [0, 0.05) is 26.6 Å². The SMILES string of the molecule is CNc1nc(N2C[C@H](C)C[C@@H](C)C2)nc2c1C(=O)CCC2. The number of ketones is 1. The molecule has 1 N–H and O–H groups in total. The molecule has 0 radical (unpaired) electrons. The van der Waals surface area contributed by atoms with Gasteiger partial charge in [-0.2, -0.15) is 4.98 Å². The van der Waals surface area contributed by atoms with E-state index < -0.39 is 0 Å². The molecule has 5 heteroatoms. The van der Waals surface area contributed by atoms with Crippen LogP contribution in [-0.2, 0) is 6.42 Å². The van der Waals surface area contributed by atoms with Crippen LogP contribution in [0.1, 0.15) is 49.2 Å². The molecule has 21 heavy (non-hydrogen) atoms. The van der Waals surface area contributed by atoms with Gasteiger partial charge in [0.15, 0.2) is 5.78 Å². The van der Waals surface area contributed by atoms with Gasteiger partial charge in [-0.15, -0.1) is 0 Å². The lowest BCUT2D eigenvalue weighted by atomic mass is 9.92. The predicted octanol–water partition coefficient (Wildman–Crippen LogP) is 2.52. The number of anilines is 2. The van der Waals surface area contributed by atoms with E-state index in [1.165, 1.54) is 6.42 Å². The van der Waals surface area contributed by atoms with Crippen LogP contribution in [-0.4, -0.2) is 35.9 Å². The van der Waals surface area contributed by atoms with Gasteiger partial charge in [-0.3, -0.25) is 4.79 Å². The summed E-state index contributed by atoms with van der Waals surface area (Å²) in [5.41, 5.74) is 1.64. The van der Waals surface area contributed by atoms with Crippen molar-refractivity contribution in [3.63, 3.8) is 0 Å². The topological polar surface area (TPSA) is 58.1 Å². The average Bonchev–Trinajstić information content (AvgIpc) is 2.45. The van der Waals surface area contributed by atoms with Gasteiger partial charge in [-0.1, -0.05) is 13.8 Å². The molecule has 0 saturated carbocycles. The molecule has 5 nitrogen and oxygen atoms in total. The fourth-order valence-electron chi connectivity index (χ4n) is 3.66. The maximum absolute atomic E-state index is 12.1. The highest BCUT2D eigenvalue weighted by Crippen LogP contribution is 2.30. The van der Waals surface area contributed by atoms with E-state index in [0.29, 0.717) is 29.6 Å². The van der Waals surface area contributed by atoms with Crippen molar-refractivity contribution in [2.45, 2.75) is 39.5 Å². The fourth-order valence-corrected chi connectivity index (χ4v) is 3.66. The number of nitrogens with one attached hydrogen (secondary N) is 1. The first-order valence-electron chi connectivity index (χ1n) is 7.95. The van der Waals surface area contributed by atoms with E-state index in [4.69, 9.17) is 4.98 Å². The number of carbonyl (C=O) groups excluding carboxylic acids is 1. The molecule has 2 heterocycles. The normalized spacial score (nSPS) is 25.7. The van der Waals surface area contributed by atoms with E-state index in [-0.39, 0.29) is 5.78 Å². The smallest absolute Gasteiger partial charge is 0.227 e. The highest BCUT2D eigenvalue weighted by Gasteiger charge is 2.28. The number of hydrogen-bond acceptors (Lipinski definition) is 5. The number of aromatic nitrogens is 2. The molecule has 1 fully saturated rings. The van der Waals surface area contributed by atoms with E-state index in [9.17, 15) is 4.79 Å². The lowest BCUT2D eigenvalue weighted by Crippen LogP contribution is -2.40. The number of fused-ring (bicyclic) bond motifs is 1. The highest BCUT2D eigenvalue weighted by molar-refractivity contribution is 6.02. The van der Waals surface area contributed by atoms with Crippen molar-refractivity contribution >= 4 is 17.5 Å². The van der Waals surface area contributed by atoms with Crippen molar-refractivity contribution in [1.29, 1.82) is 0 Å². The van der Waals surface area contributed by atoms with Crippen LogP contribution in [0.2, 0.25) is 0 Å². The zero-order valence-electron chi connectivity index (χ0n) is 13.1. The van der Waals surface area contributed by atoms with E-state index in [1.807, 2.05) is 7.05 Å². The van der Waals surface area contributed by atoms with Crippen LogP contribution in [0.25, 0.3) is 0 Å². The number of piperidine rings is 1. The summed E-state index contributed by atoms with van der Waals surface area (Å²) >= 11 is 0. The molecule has 114 valence electrons. The number of rotatable bonds is 2. The van der Waals surface area contributed by atoms with E-state index in [0.717, 1.165) is 37.6 Å². The van der Waals surface area contributed by atoms with Gasteiger partial charge in [0.1, 0.15) is 5.82 Å². The number of Topliss-reactive ketones (excluding diaryl/α,β-unsaturated/α-hetero) is 1. The van der Waals surface area contributed by atoms with Crippen LogP contribution in [0, 0.1) is 11.8 Å². The Labute approximate surface area is 126 Å². The molecule has 0 bridgehead atoms. The quantitative estimate of drug-likeness (QED) is 0.906. The monoisotopic (exact) mass is 288 g/mol. The van der Waals surface area contributed by atoms with Gasteiger partial charge in [0.25, 0.3) is 0 Å². The Hall–Kier alpha value is -1.65. The number of aryl methyl sites for hydroxylation is 1. The minimum absolute atomic E-state index is 0.174. The predicted molar refractivity (Wildman–Crippen MR) is 84.0 cm³/mol. The fraction of sp³-hybridized carbons (Fsp3) is 0.688. The molecule has 0 amide bonds. The molecule has 1 aromatic heterocycles. The Morgan fingerprint density at radius 1 is 1.14 bits per heavy atom. The molecule has 2 aliphatic rings. The van der Waals surface area contributed by atoms with Crippen LogP contribution >= 0.6 is 0 Å². The number of nitrogens with zero attached hydrogens (tertiary/aromatic N) is 3. The molecular formula is C16H24N4O. The van der Waals surface area contributed by atoms with Gasteiger partial charge in [-0.25, -0.2) is 4.98 Å². The van der Waals surface area contributed by atoms with Crippen LogP contribution in [0.4, 0.5) is 11.8 Å². The van der Waals surface area contributed by atoms with Crippen molar-refractivity contribution in [3.8, 4) is 0 Å². The number of hydrogen-bond donors (Lipinski definition) is 1. The van der Waals surface area contributed by atoms with Crippen LogP contribution in [0.15, 0.2) is 0 Å². The summed E-state index contributed by atoms with van der Waals surface area (Å²) < 4.78 is 0. The third-order valence-electron chi connectivity index (χ3n) is 4.46. The second-order valence-electron chi connectivity index (χ2n) is 6.57. The van der Waals surface area contributed by atoms with E-state index >= 15 is 0 Å². The van der Waals surface area contributed by atoms with Crippen LogP contribution in [0.3, 0.4) is 0 Å². The standard InChI is InChI=1S/C16H24N4O/c1-10-7-11(2)9-20(8-10)16-18-12-5-4-6-13(21)14(12)15(17-3)19-16/h10-11H,4-9H2,1-3H3,(H,17,18,19)/t10-,11-/m1/s1. The Kier molecular flexibility index (Phi) is 3.83. The zero-order valence-corrected chi connectivity index (χ0v) is 13.1. The lowest BCUT2D eigenvalue weighted by Gasteiger charge is -2.35. The third-order valence-corrected chi connectivity index (χ3v) is 4.46. The second kappa shape index (κ2) is 5.62. The molecule has 2 atom stereocenters.